The summed E-state index contributed by atoms with van der Waals surface area (Å²) >= 11 is 0. The van der Waals surface area contributed by atoms with Gasteiger partial charge in [-0.3, -0.25) is 14.5 Å². The highest BCUT2D eigenvalue weighted by molar-refractivity contribution is 5.94. The fourth-order valence-electron chi connectivity index (χ4n) is 3.12. The second-order valence-electron chi connectivity index (χ2n) is 7.12. The van der Waals surface area contributed by atoms with Gasteiger partial charge in [0.1, 0.15) is 6.54 Å². The fourth-order valence-corrected chi connectivity index (χ4v) is 3.12. The first-order valence-electron chi connectivity index (χ1n) is 9.35. The van der Waals surface area contributed by atoms with E-state index in [9.17, 15) is 22.8 Å². The Labute approximate surface area is 161 Å². The van der Waals surface area contributed by atoms with Crippen molar-refractivity contribution in [3.05, 3.63) is 35.4 Å². The zero-order valence-corrected chi connectivity index (χ0v) is 15.5. The van der Waals surface area contributed by atoms with Gasteiger partial charge in [-0.25, -0.2) is 0 Å². The van der Waals surface area contributed by atoms with Crippen LogP contribution < -0.4 is 5.32 Å². The van der Waals surface area contributed by atoms with Gasteiger partial charge in [0.25, 0.3) is 5.91 Å². The van der Waals surface area contributed by atoms with Crippen molar-refractivity contribution in [1.82, 2.24) is 15.1 Å². The van der Waals surface area contributed by atoms with Crippen molar-refractivity contribution >= 4 is 11.8 Å². The Balaban J connectivity index is 1.55. The van der Waals surface area contributed by atoms with Crippen molar-refractivity contribution < 1.29 is 27.5 Å². The normalized spacial score (nSPS) is 17.6. The molecule has 1 saturated heterocycles. The predicted molar refractivity (Wildman–Crippen MR) is 95.7 cm³/mol. The summed E-state index contributed by atoms with van der Waals surface area (Å²) in [5.74, 6) is -0.677. The lowest BCUT2D eigenvalue weighted by Gasteiger charge is -2.30. The van der Waals surface area contributed by atoms with E-state index in [2.05, 4.69) is 4.90 Å². The van der Waals surface area contributed by atoms with E-state index in [4.69, 9.17) is 4.74 Å². The first-order chi connectivity index (χ1) is 13.3. The molecule has 2 aliphatic rings. The third-order valence-electron chi connectivity index (χ3n) is 4.82. The minimum absolute atomic E-state index is 0.0818. The second kappa shape index (κ2) is 8.91. The highest BCUT2D eigenvalue weighted by atomic mass is 19.4. The van der Waals surface area contributed by atoms with Gasteiger partial charge < -0.3 is 15.0 Å². The number of benzene rings is 1. The van der Waals surface area contributed by atoms with Gasteiger partial charge >= 0.3 is 6.18 Å². The zero-order chi connectivity index (χ0) is 20.1. The average Bonchev–Trinajstić information content (AvgIpc) is 3.51. The van der Waals surface area contributed by atoms with E-state index in [1.165, 1.54) is 12.1 Å². The molecule has 1 aliphatic heterocycles. The van der Waals surface area contributed by atoms with Gasteiger partial charge in [-0.15, -0.1) is 0 Å². The lowest BCUT2D eigenvalue weighted by molar-refractivity contribution is -0.136. The number of amides is 2. The number of nitrogens with one attached hydrogen (secondary N) is 1. The van der Waals surface area contributed by atoms with Crippen molar-refractivity contribution in [2.75, 3.05) is 39.4 Å². The molecule has 3 rings (SSSR count). The molecule has 0 spiro atoms. The maximum absolute atomic E-state index is 12.5. The molecule has 1 aromatic carbocycles. The van der Waals surface area contributed by atoms with Crippen LogP contribution in [-0.2, 0) is 16.1 Å². The monoisotopic (exact) mass is 399 g/mol. The first-order valence-corrected chi connectivity index (χ1v) is 9.35. The van der Waals surface area contributed by atoms with E-state index >= 15 is 0 Å². The smallest absolute Gasteiger partial charge is 0.378 e. The molecule has 0 bridgehead atoms. The van der Waals surface area contributed by atoms with E-state index in [0.717, 1.165) is 18.4 Å². The van der Waals surface area contributed by atoms with Crippen LogP contribution >= 0.6 is 0 Å². The highest BCUT2D eigenvalue weighted by Gasteiger charge is 2.32. The minimum atomic E-state index is -4.44. The Kier molecular flexibility index (Phi) is 6.56. The molecule has 1 N–H and O–H groups in total. The average molecular weight is 399 g/mol. The molecule has 0 radical (unpaired) electrons. The molecule has 1 aliphatic carbocycles. The van der Waals surface area contributed by atoms with Crippen LogP contribution in [0.15, 0.2) is 24.3 Å². The van der Waals surface area contributed by atoms with E-state index in [1.807, 2.05) is 10.2 Å². The largest absolute Gasteiger partial charge is 0.405 e. The third kappa shape index (κ3) is 6.20. The number of hydrogen-bond acceptors (Lipinski definition) is 4. The molecule has 1 saturated carbocycles. The van der Waals surface area contributed by atoms with Crippen LogP contribution in [0.25, 0.3) is 0 Å². The van der Waals surface area contributed by atoms with Crippen molar-refractivity contribution in [2.45, 2.75) is 31.6 Å². The summed E-state index contributed by atoms with van der Waals surface area (Å²) in [6.45, 7) is 1.88. The van der Waals surface area contributed by atoms with E-state index in [0.29, 0.717) is 45.4 Å². The number of carbonyl (C=O) groups is 2. The van der Waals surface area contributed by atoms with Gasteiger partial charge in [-0.1, -0.05) is 12.1 Å². The third-order valence-corrected chi connectivity index (χ3v) is 4.82. The van der Waals surface area contributed by atoms with Crippen LogP contribution in [0, 0.1) is 0 Å². The lowest BCUT2D eigenvalue weighted by Crippen LogP contribution is -2.46. The number of alkyl halides is 3. The van der Waals surface area contributed by atoms with Crippen LogP contribution in [0.4, 0.5) is 13.2 Å². The number of halogens is 3. The van der Waals surface area contributed by atoms with Crippen LogP contribution in [0.2, 0.25) is 0 Å². The fraction of sp³-hybridized carbons (Fsp3) is 0.579. The zero-order valence-electron chi connectivity index (χ0n) is 15.5. The molecule has 28 heavy (non-hydrogen) atoms. The molecular weight excluding hydrogens is 375 g/mol. The summed E-state index contributed by atoms with van der Waals surface area (Å²) in [5, 5.41) is 1.86. The number of nitrogens with zero attached hydrogens (tertiary/aromatic N) is 2. The maximum atomic E-state index is 12.5. The molecule has 0 aromatic heterocycles. The van der Waals surface area contributed by atoms with Crippen molar-refractivity contribution in [3.63, 3.8) is 0 Å². The Hall–Kier alpha value is -2.13. The summed E-state index contributed by atoms with van der Waals surface area (Å²) in [7, 11) is 0. The molecule has 1 heterocycles. The molecule has 9 heteroatoms. The Bertz CT molecular complexity index is 684. The molecule has 0 atom stereocenters. The molecule has 2 amide bonds. The molecular formula is C19H24F3N3O3. The van der Waals surface area contributed by atoms with Crippen LogP contribution in [-0.4, -0.2) is 73.2 Å². The topological polar surface area (TPSA) is 61.9 Å². The van der Waals surface area contributed by atoms with Crippen molar-refractivity contribution in [1.29, 1.82) is 0 Å². The maximum Gasteiger partial charge on any atom is 0.405 e. The minimum Gasteiger partial charge on any atom is -0.378 e. The predicted octanol–water partition coefficient (Wildman–Crippen LogP) is 1.80. The Morgan fingerprint density at radius 2 is 1.79 bits per heavy atom. The van der Waals surface area contributed by atoms with Crippen LogP contribution in [0.3, 0.4) is 0 Å². The number of rotatable bonds is 7. The molecule has 6 nitrogen and oxygen atoms in total. The molecule has 1 aromatic rings. The number of ether oxygens (including phenoxy) is 1. The SMILES string of the molecule is O=C(NCC(F)(F)F)c1ccc(CN(CC(=O)N2CCOCC2)C2CC2)cc1. The van der Waals surface area contributed by atoms with E-state index in [1.54, 1.807) is 12.1 Å². The van der Waals surface area contributed by atoms with Gasteiger partial charge in [0.2, 0.25) is 5.91 Å². The Morgan fingerprint density at radius 1 is 1.14 bits per heavy atom. The summed E-state index contributed by atoms with van der Waals surface area (Å²) in [5.41, 5.74) is 1.09. The van der Waals surface area contributed by atoms with Crippen molar-refractivity contribution in [3.8, 4) is 0 Å². The van der Waals surface area contributed by atoms with Gasteiger partial charge in [-0.05, 0) is 30.5 Å². The highest BCUT2D eigenvalue weighted by Crippen LogP contribution is 2.28. The summed E-state index contributed by atoms with van der Waals surface area (Å²) in [6.07, 6.45) is -2.34. The van der Waals surface area contributed by atoms with Gasteiger partial charge in [0, 0.05) is 31.2 Å². The van der Waals surface area contributed by atoms with Crippen molar-refractivity contribution in [2.24, 2.45) is 0 Å². The van der Waals surface area contributed by atoms with Gasteiger partial charge in [-0.2, -0.15) is 13.2 Å². The first kappa shape index (κ1) is 20.6. The van der Waals surface area contributed by atoms with Crippen LogP contribution in [0.1, 0.15) is 28.8 Å². The Morgan fingerprint density at radius 3 is 2.36 bits per heavy atom. The molecule has 0 unspecified atom stereocenters. The molecule has 154 valence electrons. The van der Waals surface area contributed by atoms with E-state index in [-0.39, 0.29) is 11.5 Å². The number of carbonyl (C=O) groups excluding carboxylic acids is 2. The van der Waals surface area contributed by atoms with Gasteiger partial charge in [0.05, 0.1) is 19.8 Å². The molecule has 2 fully saturated rings. The van der Waals surface area contributed by atoms with Gasteiger partial charge in [0.15, 0.2) is 0 Å². The quantitative estimate of drug-likeness (QED) is 0.760. The number of hydrogen-bond donors (Lipinski definition) is 1. The summed E-state index contributed by atoms with van der Waals surface area (Å²) in [6, 6.07) is 6.83. The summed E-state index contributed by atoms with van der Waals surface area (Å²) in [4.78, 5) is 28.2. The standard InChI is InChI=1S/C19H24F3N3O3/c20-19(21,22)13-23-18(27)15-3-1-14(2-4-15)11-25(16-5-6-16)12-17(26)24-7-9-28-10-8-24/h1-4,16H,5-13H2,(H,23,27). The lowest BCUT2D eigenvalue weighted by atomic mass is 10.1. The summed E-state index contributed by atoms with van der Waals surface area (Å²) < 4.78 is 41.9. The van der Waals surface area contributed by atoms with E-state index < -0.39 is 18.6 Å². The second-order valence-corrected chi connectivity index (χ2v) is 7.12. The number of morpholine rings is 1. The van der Waals surface area contributed by atoms with Crippen LogP contribution in [0.5, 0.6) is 0 Å².